The lowest BCUT2D eigenvalue weighted by Crippen LogP contribution is -2.32. The summed E-state index contributed by atoms with van der Waals surface area (Å²) in [6, 6.07) is 5.75. The van der Waals surface area contributed by atoms with E-state index in [4.69, 9.17) is 9.47 Å². The van der Waals surface area contributed by atoms with Crippen molar-refractivity contribution in [3.63, 3.8) is 0 Å². The molecule has 6 nitrogen and oxygen atoms in total. The van der Waals surface area contributed by atoms with Crippen LogP contribution in [-0.4, -0.2) is 50.8 Å². The van der Waals surface area contributed by atoms with Gasteiger partial charge in [-0.2, -0.15) is 0 Å². The average Bonchev–Trinajstić information content (AvgIpc) is 2.91. The number of carbonyl (C=O) groups excluding carboxylic acids is 1. The van der Waals surface area contributed by atoms with Gasteiger partial charge in [0.25, 0.3) is 0 Å². The summed E-state index contributed by atoms with van der Waals surface area (Å²) >= 11 is 0. The minimum absolute atomic E-state index is 0.0128. The van der Waals surface area contributed by atoms with Gasteiger partial charge in [-0.25, -0.2) is 4.79 Å². The van der Waals surface area contributed by atoms with Crippen molar-refractivity contribution in [2.45, 2.75) is 13.5 Å². The Morgan fingerprint density at radius 3 is 2.95 bits per heavy atom. The highest BCUT2D eigenvalue weighted by Crippen LogP contribution is 2.24. The first-order valence-electron chi connectivity index (χ1n) is 7.27. The van der Waals surface area contributed by atoms with Crippen molar-refractivity contribution in [2.75, 3.05) is 39.9 Å². The molecule has 1 aliphatic heterocycles. The molecule has 2 amide bonds. The van der Waals surface area contributed by atoms with Crippen LogP contribution in [0.25, 0.3) is 0 Å². The Balaban J connectivity index is 1.92. The van der Waals surface area contributed by atoms with Crippen LogP contribution in [-0.2, 0) is 6.54 Å². The Bertz CT molecular complexity index is 479. The van der Waals surface area contributed by atoms with Crippen LogP contribution in [0.1, 0.15) is 12.5 Å². The van der Waals surface area contributed by atoms with E-state index >= 15 is 0 Å². The quantitative estimate of drug-likeness (QED) is 0.756. The Morgan fingerprint density at radius 2 is 2.29 bits per heavy atom. The molecule has 0 spiro atoms. The van der Waals surface area contributed by atoms with Gasteiger partial charge in [-0.3, -0.25) is 0 Å². The number of rotatable bonds is 8. The summed E-state index contributed by atoms with van der Waals surface area (Å²) in [5.74, 6) is 1.64. The summed E-state index contributed by atoms with van der Waals surface area (Å²) in [7, 11) is 1.65. The van der Waals surface area contributed by atoms with E-state index in [2.05, 4.69) is 17.6 Å². The van der Waals surface area contributed by atoms with Gasteiger partial charge >= 0.3 is 6.03 Å². The molecule has 1 heterocycles. The number of benzene rings is 1. The minimum Gasteiger partial charge on any atom is -0.497 e. The Kier molecular flexibility index (Phi) is 5.68. The van der Waals surface area contributed by atoms with Gasteiger partial charge < -0.3 is 25.0 Å². The average molecular weight is 293 g/mol. The molecule has 0 aliphatic carbocycles. The number of methoxy groups -OCH3 is 1. The van der Waals surface area contributed by atoms with Crippen LogP contribution in [0, 0.1) is 0 Å². The molecule has 1 aromatic rings. The number of hydrogen-bond donors (Lipinski definition) is 2. The summed E-state index contributed by atoms with van der Waals surface area (Å²) in [4.78, 5) is 13.2. The number of nitrogens with zero attached hydrogens (tertiary/aromatic N) is 1. The molecule has 0 radical (unpaired) electrons. The minimum atomic E-state index is -0.0128. The third-order valence-electron chi connectivity index (χ3n) is 3.40. The molecule has 0 aromatic heterocycles. The van der Waals surface area contributed by atoms with Crippen LogP contribution in [0.3, 0.4) is 0 Å². The molecule has 116 valence electrons. The summed E-state index contributed by atoms with van der Waals surface area (Å²) in [6.07, 6.45) is 0. The van der Waals surface area contributed by atoms with E-state index in [9.17, 15) is 4.79 Å². The monoisotopic (exact) mass is 293 g/mol. The number of hydrogen-bond acceptors (Lipinski definition) is 4. The highest BCUT2D eigenvalue weighted by atomic mass is 16.5. The van der Waals surface area contributed by atoms with Crippen LogP contribution in [0.2, 0.25) is 0 Å². The van der Waals surface area contributed by atoms with Gasteiger partial charge in [0.2, 0.25) is 0 Å². The normalized spacial score (nSPS) is 14.2. The molecule has 21 heavy (non-hydrogen) atoms. The molecule has 1 saturated heterocycles. The zero-order valence-corrected chi connectivity index (χ0v) is 12.6. The van der Waals surface area contributed by atoms with Gasteiger partial charge in [0, 0.05) is 25.2 Å². The van der Waals surface area contributed by atoms with Gasteiger partial charge in [-0.05, 0) is 24.7 Å². The van der Waals surface area contributed by atoms with Crippen LogP contribution in [0.15, 0.2) is 18.2 Å². The van der Waals surface area contributed by atoms with E-state index in [1.807, 2.05) is 18.2 Å². The highest BCUT2D eigenvalue weighted by Gasteiger charge is 2.18. The van der Waals surface area contributed by atoms with Crippen LogP contribution < -0.4 is 20.1 Å². The van der Waals surface area contributed by atoms with E-state index in [1.54, 1.807) is 12.0 Å². The molecule has 2 N–H and O–H groups in total. The molecule has 1 aliphatic rings. The van der Waals surface area contributed by atoms with Crippen molar-refractivity contribution in [2.24, 2.45) is 0 Å². The Hall–Kier alpha value is -1.95. The molecular formula is C15H23N3O3. The molecule has 0 saturated carbocycles. The van der Waals surface area contributed by atoms with Gasteiger partial charge in [0.15, 0.2) is 0 Å². The Morgan fingerprint density at radius 1 is 1.43 bits per heavy atom. The molecule has 1 fully saturated rings. The smallest absolute Gasteiger partial charge is 0.317 e. The van der Waals surface area contributed by atoms with E-state index < -0.39 is 0 Å². The number of ether oxygens (including phenoxy) is 2. The number of carbonyl (C=O) groups is 1. The lowest BCUT2D eigenvalue weighted by Gasteiger charge is -2.17. The van der Waals surface area contributed by atoms with Crippen molar-refractivity contribution in [3.05, 3.63) is 23.8 Å². The first-order chi connectivity index (χ1) is 10.2. The van der Waals surface area contributed by atoms with Crippen molar-refractivity contribution >= 4 is 6.03 Å². The van der Waals surface area contributed by atoms with Crippen molar-refractivity contribution < 1.29 is 14.3 Å². The predicted molar refractivity (Wildman–Crippen MR) is 80.8 cm³/mol. The fraction of sp³-hybridized carbons (Fsp3) is 0.533. The second kappa shape index (κ2) is 7.73. The molecule has 6 heteroatoms. The van der Waals surface area contributed by atoms with Crippen LogP contribution >= 0.6 is 0 Å². The highest BCUT2D eigenvalue weighted by molar-refractivity contribution is 5.76. The third-order valence-corrected chi connectivity index (χ3v) is 3.40. The van der Waals surface area contributed by atoms with Crippen LogP contribution in [0.4, 0.5) is 4.79 Å². The van der Waals surface area contributed by atoms with Gasteiger partial charge in [-0.15, -0.1) is 0 Å². The van der Waals surface area contributed by atoms with E-state index in [-0.39, 0.29) is 6.03 Å². The lowest BCUT2D eigenvalue weighted by molar-refractivity contribution is 0.202. The predicted octanol–water partition coefficient (Wildman–Crippen LogP) is 1.21. The topological polar surface area (TPSA) is 62.8 Å². The first-order valence-corrected chi connectivity index (χ1v) is 7.27. The van der Waals surface area contributed by atoms with Crippen molar-refractivity contribution in [1.29, 1.82) is 0 Å². The molecule has 0 bridgehead atoms. The zero-order chi connectivity index (χ0) is 15.1. The second-order valence-electron chi connectivity index (χ2n) is 4.82. The van der Waals surface area contributed by atoms with Crippen molar-refractivity contribution in [1.82, 2.24) is 15.5 Å². The molecule has 2 rings (SSSR count). The van der Waals surface area contributed by atoms with Gasteiger partial charge in [0.05, 0.1) is 13.7 Å². The lowest BCUT2D eigenvalue weighted by atomic mass is 10.2. The third kappa shape index (κ3) is 4.26. The number of urea groups is 1. The first kappa shape index (κ1) is 15.4. The number of amides is 2. The van der Waals surface area contributed by atoms with Gasteiger partial charge in [0.1, 0.15) is 18.1 Å². The molecule has 0 unspecified atom stereocenters. The summed E-state index contributed by atoms with van der Waals surface area (Å²) in [5.41, 5.74) is 1.06. The van der Waals surface area contributed by atoms with E-state index in [0.29, 0.717) is 19.7 Å². The maximum atomic E-state index is 11.4. The maximum absolute atomic E-state index is 11.4. The van der Waals surface area contributed by atoms with E-state index in [0.717, 1.165) is 36.7 Å². The standard InChI is InChI=1S/C15H23N3O3/c1-3-16-11-12-10-13(20-2)4-5-14(12)21-9-8-18-7-6-17-15(18)19/h4-5,10,16H,3,6-9,11H2,1-2H3,(H,17,19). The van der Waals surface area contributed by atoms with Gasteiger partial charge in [-0.1, -0.05) is 6.92 Å². The fourth-order valence-corrected chi connectivity index (χ4v) is 2.21. The Labute approximate surface area is 125 Å². The van der Waals surface area contributed by atoms with Crippen LogP contribution in [0.5, 0.6) is 11.5 Å². The fourth-order valence-electron chi connectivity index (χ4n) is 2.21. The molecule has 0 atom stereocenters. The second-order valence-corrected chi connectivity index (χ2v) is 4.82. The SMILES string of the molecule is CCNCc1cc(OC)ccc1OCCN1CCNC1=O. The maximum Gasteiger partial charge on any atom is 0.317 e. The summed E-state index contributed by atoms with van der Waals surface area (Å²) in [5, 5.41) is 6.06. The van der Waals surface area contributed by atoms with Crippen molar-refractivity contribution in [3.8, 4) is 11.5 Å². The number of nitrogens with one attached hydrogen (secondary N) is 2. The molecular weight excluding hydrogens is 270 g/mol. The zero-order valence-electron chi connectivity index (χ0n) is 12.6. The summed E-state index contributed by atoms with van der Waals surface area (Å²) < 4.78 is 11.1. The largest absolute Gasteiger partial charge is 0.497 e. The molecule has 1 aromatic carbocycles. The summed E-state index contributed by atoms with van der Waals surface area (Å²) in [6.45, 7) is 6.23. The van der Waals surface area contributed by atoms with E-state index in [1.165, 1.54) is 0 Å².